The molecule has 200 valence electrons. The number of aromatic nitrogens is 2. The lowest BCUT2D eigenvalue weighted by molar-refractivity contribution is -0.123. The number of fused-ring (bicyclic) bond motifs is 1. The third-order valence-corrected chi connectivity index (χ3v) is 7.83. The third-order valence-electron chi connectivity index (χ3n) is 6.60. The van der Waals surface area contributed by atoms with Crippen LogP contribution < -0.4 is 10.2 Å². The minimum Gasteiger partial charge on any atom is -0.383 e. The van der Waals surface area contributed by atoms with Gasteiger partial charge in [0, 0.05) is 30.3 Å². The molecule has 0 aliphatic carbocycles. The van der Waals surface area contributed by atoms with Crippen molar-refractivity contribution < 1.29 is 18.7 Å². The second-order valence-electron chi connectivity index (χ2n) is 9.19. The average molecular weight is 545 g/mol. The summed E-state index contributed by atoms with van der Waals surface area (Å²) in [7, 11) is 1.56. The molecule has 1 atom stereocenters. The summed E-state index contributed by atoms with van der Waals surface area (Å²) in [5, 5.41) is 7.32. The van der Waals surface area contributed by atoms with Crippen molar-refractivity contribution in [1.29, 1.82) is 0 Å². The molecule has 39 heavy (non-hydrogen) atoms. The summed E-state index contributed by atoms with van der Waals surface area (Å²) in [6.45, 7) is 2.44. The van der Waals surface area contributed by atoms with Crippen molar-refractivity contribution in [2.24, 2.45) is 0 Å². The van der Waals surface area contributed by atoms with Crippen LogP contribution >= 0.6 is 11.8 Å². The van der Waals surface area contributed by atoms with Crippen molar-refractivity contribution in [3.05, 3.63) is 101 Å². The molecule has 2 heterocycles. The van der Waals surface area contributed by atoms with Crippen LogP contribution in [-0.2, 0) is 14.3 Å². The van der Waals surface area contributed by atoms with Crippen molar-refractivity contribution in [3.63, 3.8) is 0 Å². The first kappa shape index (κ1) is 26.6. The fraction of sp³-hybridized carbons (Fsp3) is 0.233. The maximum atomic E-state index is 15.3. The fourth-order valence-electron chi connectivity index (χ4n) is 4.72. The lowest BCUT2D eigenvalue weighted by atomic mass is 9.99. The molecule has 4 aromatic rings. The van der Waals surface area contributed by atoms with Crippen LogP contribution in [-0.4, -0.2) is 54.2 Å². The van der Waals surface area contributed by atoms with Gasteiger partial charge in [-0.1, -0.05) is 66.7 Å². The molecule has 0 fully saturated rings. The van der Waals surface area contributed by atoms with E-state index >= 15 is 4.39 Å². The summed E-state index contributed by atoms with van der Waals surface area (Å²) in [4.78, 5) is 28.2. The monoisotopic (exact) mass is 544 g/mol. The van der Waals surface area contributed by atoms with E-state index in [0.29, 0.717) is 35.8 Å². The highest BCUT2D eigenvalue weighted by Gasteiger charge is 2.38. The molecule has 1 unspecified atom stereocenters. The number of methoxy groups -OCH3 is 1. The summed E-state index contributed by atoms with van der Waals surface area (Å²) in [6.07, 6.45) is 0. The number of benzene rings is 3. The zero-order chi connectivity index (χ0) is 27.4. The molecule has 3 aromatic carbocycles. The Balaban J connectivity index is 1.78. The van der Waals surface area contributed by atoms with Crippen LogP contribution in [0.5, 0.6) is 0 Å². The summed E-state index contributed by atoms with van der Waals surface area (Å²) in [5.74, 6) is -0.396. The molecule has 0 spiro atoms. The predicted octanol–water partition coefficient (Wildman–Crippen LogP) is 4.92. The average Bonchev–Trinajstić information content (AvgIpc) is 3.27. The van der Waals surface area contributed by atoms with Crippen LogP contribution in [0.4, 0.5) is 10.2 Å². The number of ether oxygens (including phenoxy) is 1. The van der Waals surface area contributed by atoms with E-state index in [1.165, 1.54) is 22.7 Å². The minimum atomic E-state index is -0.528. The number of amides is 2. The Labute approximate surface area is 231 Å². The van der Waals surface area contributed by atoms with E-state index in [1.807, 2.05) is 61.5 Å². The lowest BCUT2D eigenvalue weighted by Crippen LogP contribution is -2.43. The Morgan fingerprint density at radius 1 is 1.08 bits per heavy atom. The molecule has 7 nitrogen and oxygen atoms in total. The van der Waals surface area contributed by atoms with Crippen LogP contribution in [0.3, 0.4) is 0 Å². The number of nitrogens with one attached hydrogen (secondary N) is 1. The molecule has 1 aliphatic heterocycles. The van der Waals surface area contributed by atoms with Gasteiger partial charge in [0.25, 0.3) is 0 Å². The Bertz CT molecular complexity index is 1490. The van der Waals surface area contributed by atoms with Crippen LogP contribution in [0.25, 0.3) is 16.9 Å². The van der Waals surface area contributed by atoms with Crippen molar-refractivity contribution in [1.82, 2.24) is 15.1 Å². The molecule has 9 heteroatoms. The number of carbonyl (C=O) groups excluding carboxylic acids is 2. The van der Waals surface area contributed by atoms with Crippen molar-refractivity contribution in [2.75, 3.05) is 37.5 Å². The van der Waals surface area contributed by atoms with E-state index in [2.05, 4.69) is 5.32 Å². The summed E-state index contributed by atoms with van der Waals surface area (Å²) < 4.78 is 22.1. The molecule has 0 radical (unpaired) electrons. The molecule has 0 saturated heterocycles. The van der Waals surface area contributed by atoms with Crippen molar-refractivity contribution in [3.8, 4) is 16.9 Å². The van der Waals surface area contributed by atoms with Crippen LogP contribution in [0, 0.1) is 12.7 Å². The highest BCUT2D eigenvalue weighted by molar-refractivity contribution is 8.00. The van der Waals surface area contributed by atoms with Gasteiger partial charge in [-0.05, 0) is 24.6 Å². The first-order valence-electron chi connectivity index (χ1n) is 12.7. The smallest absolute Gasteiger partial charge is 0.240 e. The Morgan fingerprint density at radius 2 is 1.79 bits per heavy atom. The van der Waals surface area contributed by atoms with E-state index in [-0.39, 0.29) is 29.9 Å². The largest absolute Gasteiger partial charge is 0.383 e. The highest BCUT2D eigenvalue weighted by atomic mass is 32.2. The molecule has 2 amide bonds. The predicted molar refractivity (Wildman–Crippen MR) is 152 cm³/mol. The van der Waals surface area contributed by atoms with Crippen molar-refractivity contribution in [2.45, 2.75) is 12.2 Å². The molecule has 1 N–H and O–H groups in total. The summed E-state index contributed by atoms with van der Waals surface area (Å²) in [6, 6.07) is 24.0. The lowest BCUT2D eigenvalue weighted by Gasteiger charge is -2.23. The second kappa shape index (κ2) is 11.8. The van der Waals surface area contributed by atoms with Gasteiger partial charge in [-0.25, -0.2) is 9.07 Å². The number of rotatable bonds is 8. The number of hydrogen-bond acceptors (Lipinski definition) is 5. The topological polar surface area (TPSA) is 76.5 Å². The molecule has 0 saturated carbocycles. The molecular formula is C30H29FN4O3S. The van der Waals surface area contributed by atoms with Gasteiger partial charge in [0.15, 0.2) is 0 Å². The van der Waals surface area contributed by atoms with Gasteiger partial charge in [-0.15, -0.1) is 11.8 Å². The van der Waals surface area contributed by atoms with Gasteiger partial charge in [0.2, 0.25) is 11.8 Å². The Morgan fingerprint density at radius 3 is 2.54 bits per heavy atom. The first-order valence-corrected chi connectivity index (χ1v) is 13.7. The number of nitrogens with zero attached hydrogens (tertiary/aromatic N) is 3. The number of halogens is 1. The van der Waals surface area contributed by atoms with E-state index in [0.717, 1.165) is 16.8 Å². The third kappa shape index (κ3) is 5.46. The van der Waals surface area contributed by atoms with E-state index in [4.69, 9.17) is 9.84 Å². The number of para-hydroxylation sites is 1. The summed E-state index contributed by atoms with van der Waals surface area (Å²) in [5.41, 5.74) is 4.34. The van der Waals surface area contributed by atoms with Gasteiger partial charge in [-0.3, -0.25) is 14.5 Å². The van der Waals surface area contributed by atoms with Gasteiger partial charge in [-0.2, -0.15) is 5.10 Å². The second-order valence-corrected chi connectivity index (χ2v) is 10.3. The Kier molecular flexibility index (Phi) is 8.09. The van der Waals surface area contributed by atoms with Crippen LogP contribution in [0.15, 0.2) is 78.9 Å². The normalized spacial score (nSPS) is 15.1. The molecule has 0 bridgehead atoms. The zero-order valence-electron chi connectivity index (χ0n) is 21.8. The van der Waals surface area contributed by atoms with E-state index in [1.54, 1.807) is 30.0 Å². The Hall–Kier alpha value is -3.95. The number of carbonyl (C=O) groups is 2. The SMILES string of the molecule is COCCNC(=O)CN1C(=O)CSC(c2ccccc2F)c2c(-c3ccccc3)nn(-c3ccccc3C)c21. The molecule has 1 aliphatic rings. The molecule has 1 aromatic heterocycles. The molecule has 5 rings (SSSR count). The zero-order valence-corrected chi connectivity index (χ0v) is 22.6. The van der Waals surface area contributed by atoms with E-state index in [9.17, 15) is 9.59 Å². The number of hydrogen-bond donors (Lipinski definition) is 1. The van der Waals surface area contributed by atoms with Gasteiger partial charge in [0.05, 0.1) is 29.0 Å². The minimum absolute atomic E-state index is 0.0705. The van der Waals surface area contributed by atoms with Crippen molar-refractivity contribution >= 4 is 29.4 Å². The number of aryl methyl sites for hydroxylation is 1. The maximum absolute atomic E-state index is 15.3. The van der Waals surface area contributed by atoms with Gasteiger partial charge in [0.1, 0.15) is 18.2 Å². The van der Waals surface area contributed by atoms with Crippen LogP contribution in [0.1, 0.15) is 21.9 Å². The van der Waals surface area contributed by atoms with Gasteiger partial charge < -0.3 is 10.1 Å². The first-order chi connectivity index (χ1) is 19.0. The standard InChI is InChI=1S/C30H29FN4O3S/c1-20-10-6-9-15-24(20)35-30-27(28(33-35)21-11-4-3-5-12-21)29(22-13-7-8-14-23(22)31)39-19-26(37)34(30)18-25(36)32-16-17-38-2/h3-15,29H,16-19H2,1-2H3,(H,32,36). The van der Waals surface area contributed by atoms with Crippen LogP contribution in [0.2, 0.25) is 0 Å². The highest BCUT2D eigenvalue weighted by Crippen LogP contribution is 2.49. The molecular weight excluding hydrogens is 515 g/mol. The van der Waals surface area contributed by atoms with E-state index < -0.39 is 5.25 Å². The number of thioether (sulfide) groups is 1. The van der Waals surface area contributed by atoms with Gasteiger partial charge >= 0.3 is 0 Å². The fourth-order valence-corrected chi connectivity index (χ4v) is 5.94. The maximum Gasteiger partial charge on any atom is 0.240 e. The number of anilines is 1. The summed E-state index contributed by atoms with van der Waals surface area (Å²) >= 11 is 1.34. The quantitative estimate of drug-likeness (QED) is 0.319.